The van der Waals surface area contributed by atoms with E-state index in [1.807, 2.05) is 6.07 Å². The number of imide groups is 1. The van der Waals surface area contributed by atoms with Crippen molar-refractivity contribution in [1.82, 2.24) is 4.90 Å². The maximum atomic E-state index is 13.1. The fourth-order valence-electron chi connectivity index (χ4n) is 3.32. The van der Waals surface area contributed by atoms with Crippen LogP contribution in [0.3, 0.4) is 0 Å². The standard InChI is InChI=1S/C19H14N2O5S2/c20-17-12-6-11(28(24,25)26)7-13-16(12)14(8-15(17)27)19(23)21(18(13)22)9-10-4-2-1-3-5-10/h1-8,27H,9,20H2,(H,24,25,26). The Bertz CT molecular complexity index is 1270. The molecule has 0 spiro atoms. The fraction of sp³-hybridized carbons (Fsp3) is 0.0526. The molecule has 28 heavy (non-hydrogen) atoms. The summed E-state index contributed by atoms with van der Waals surface area (Å²) in [6.45, 7) is 0.0157. The number of carbonyl (C=O) groups excluding carboxylic acids is 2. The van der Waals surface area contributed by atoms with Crippen LogP contribution >= 0.6 is 12.6 Å². The van der Waals surface area contributed by atoms with Gasteiger partial charge in [0.15, 0.2) is 0 Å². The zero-order valence-corrected chi connectivity index (χ0v) is 16.0. The third-order valence-corrected chi connectivity index (χ3v) is 5.86. The monoisotopic (exact) mass is 414 g/mol. The topological polar surface area (TPSA) is 118 Å². The molecule has 3 aromatic rings. The van der Waals surface area contributed by atoms with Gasteiger partial charge in [0.2, 0.25) is 0 Å². The van der Waals surface area contributed by atoms with E-state index in [9.17, 15) is 22.6 Å². The minimum atomic E-state index is -4.59. The summed E-state index contributed by atoms with van der Waals surface area (Å²) in [5.74, 6) is -1.19. The van der Waals surface area contributed by atoms with Gasteiger partial charge in [-0.3, -0.25) is 19.0 Å². The molecule has 0 aliphatic carbocycles. The number of anilines is 1. The number of benzene rings is 3. The summed E-state index contributed by atoms with van der Waals surface area (Å²) in [5.41, 5.74) is 7.03. The minimum absolute atomic E-state index is 0.0157. The third-order valence-electron chi connectivity index (χ3n) is 4.66. The van der Waals surface area contributed by atoms with Gasteiger partial charge in [-0.1, -0.05) is 30.3 Å². The first-order valence-electron chi connectivity index (χ1n) is 8.15. The van der Waals surface area contributed by atoms with Crippen LogP contribution in [0.2, 0.25) is 0 Å². The normalized spacial score (nSPS) is 14.0. The van der Waals surface area contributed by atoms with E-state index in [1.165, 1.54) is 6.07 Å². The Kier molecular flexibility index (Phi) is 4.18. The van der Waals surface area contributed by atoms with Crippen molar-refractivity contribution in [1.29, 1.82) is 0 Å². The Morgan fingerprint density at radius 3 is 2.21 bits per heavy atom. The number of rotatable bonds is 3. The molecule has 0 atom stereocenters. The van der Waals surface area contributed by atoms with E-state index in [4.69, 9.17) is 5.73 Å². The molecule has 142 valence electrons. The lowest BCUT2D eigenvalue weighted by molar-refractivity contribution is 0.0598. The lowest BCUT2D eigenvalue weighted by atomic mass is 9.92. The number of carbonyl (C=O) groups is 2. The van der Waals surface area contributed by atoms with Crippen LogP contribution in [0.4, 0.5) is 5.69 Å². The van der Waals surface area contributed by atoms with Crippen molar-refractivity contribution in [2.24, 2.45) is 0 Å². The zero-order chi connectivity index (χ0) is 20.2. The van der Waals surface area contributed by atoms with E-state index in [2.05, 4.69) is 12.6 Å². The van der Waals surface area contributed by atoms with E-state index in [1.54, 1.807) is 24.3 Å². The average Bonchev–Trinajstić information content (AvgIpc) is 2.66. The Labute approximate surface area is 165 Å². The molecule has 0 saturated carbocycles. The number of hydrogen-bond acceptors (Lipinski definition) is 6. The smallest absolute Gasteiger partial charge is 0.294 e. The molecule has 1 heterocycles. The van der Waals surface area contributed by atoms with Gasteiger partial charge in [-0.05, 0) is 23.8 Å². The van der Waals surface area contributed by atoms with Crippen LogP contribution in [0.5, 0.6) is 0 Å². The molecule has 1 aliphatic heterocycles. The number of nitrogens with two attached hydrogens (primary N) is 1. The van der Waals surface area contributed by atoms with Crippen LogP contribution in [0.15, 0.2) is 58.3 Å². The maximum Gasteiger partial charge on any atom is 0.294 e. The van der Waals surface area contributed by atoms with Crippen molar-refractivity contribution in [3.8, 4) is 0 Å². The molecule has 4 rings (SSSR count). The highest BCUT2D eigenvalue weighted by molar-refractivity contribution is 7.85. The van der Waals surface area contributed by atoms with Gasteiger partial charge in [-0.25, -0.2) is 0 Å². The first-order valence-corrected chi connectivity index (χ1v) is 10.0. The summed E-state index contributed by atoms with van der Waals surface area (Å²) >= 11 is 4.26. The van der Waals surface area contributed by atoms with E-state index in [-0.39, 0.29) is 39.0 Å². The van der Waals surface area contributed by atoms with Crippen molar-refractivity contribution in [2.45, 2.75) is 16.3 Å². The lowest BCUT2D eigenvalue weighted by Crippen LogP contribution is -2.40. The summed E-state index contributed by atoms with van der Waals surface area (Å²) in [6.07, 6.45) is 0. The van der Waals surface area contributed by atoms with Crippen LogP contribution in [0.25, 0.3) is 10.8 Å². The van der Waals surface area contributed by atoms with Crippen LogP contribution in [0, 0.1) is 0 Å². The number of hydrogen-bond donors (Lipinski definition) is 3. The van der Waals surface area contributed by atoms with Crippen LogP contribution < -0.4 is 5.73 Å². The fourth-order valence-corrected chi connectivity index (χ4v) is 4.10. The molecule has 0 saturated heterocycles. The molecular weight excluding hydrogens is 400 g/mol. The van der Waals surface area contributed by atoms with E-state index in [0.717, 1.165) is 22.6 Å². The predicted octanol–water partition coefficient (Wildman–Crippen LogP) is 2.75. The summed E-state index contributed by atoms with van der Waals surface area (Å²) < 4.78 is 32.9. The number of thiol groups is 1. The highest BCUT2D eigenvalue weighted by Gasteiger charge is 2.35. The van der Waals surface area contributed by atoms with Crippen molar-refractivity contribution >= 4 is 51.0 Å². The largest absolute Gasteiger partial charge is 0.397 e. The molecule has 2 amide bonds. The van der Waals surface area contributed by atoms with Gasteiger partial charge in [-0.15, -0.1) is 12.6 Å². The van der Waals surface area contributed by atoms with Crippen molar-refractivity contribution in [3.05, 3.63) is 65.2 Å². The zero-order valence-electron chi connectivity index (χ0n) is 14.3. The first-order chi connectivity index (χ1) is 13.2. The molecule has 0 aromatic heterocycles. The van der Waals surface area contributed by atoms with Crippen molar-refractivity contribution in [2.75, 3.05) is 5.73 Å². The van der Waals surface area contributed by atoms with E-state index < -0.39 is 26.8 Å². The Balaban J connectivity index is 2.00. The minimum Gasteiger partial charge on any atom is -0.397 e. The van der Waals surface area contributed by atoms with Gasteiger partial charge in [0, 0.05) is 21.2 Å². The molecule has 0 unspecified atom stereocenters. The number of nitrogens with zero attached hydrogens (tertiary/aromatic N) is 1. The molecule has 3 aromatic carbocycles. The Hall–Kier alpha value is -2.88. The Morgan fingerprint density at radius 2 is 1.61 bits per heavy atom. The van der Waals surface area contributed by atoms with Gasteiger partial charge in [0.1, 0.15) is 0 Å². The summed E-state index contributed by atoms with van der Waals surface area (Å²) in [5, 5.41) is 0.427. The van der Waals surface area contributed by atoms with Crippen molar-refractivity contribution < 1.29 is 22.6 Å². The molecule has 3 N–H and O–H groups in total. The highest BCUT2D eigenvalue weighted by Crippen LogP contribution is 2.38. The van der Waals surface area contributed by atoms with Gasteiger partial charge < -0.3 is 5.73 Å². The molecule has 0 radical (unpaired) electrons. The molecule has 7 nitrogen and oxygen atoms in total. The SMILES string of the molecule is Nc1c(S)cc2c3c(cc(S(=O)(=O)O)cc13)C(=O)N(Cc1ccccc1)C2=O. The van der Waals surface area contributed by atoms with E-state index in [0.29, 0.717) is 0 Å². The molecule has 9 heteroatoms. The maximum absolute atomic E-state index is 13.1. The quantitative estimate of drug-likeness (QED) is 0.263. The Morgan fingerprint density at radius 1 is 1.00 bits per heavy atom. The summed E-state index contributed by atoms with van der Waals surface area (Å²) in [6, 6.07) is 12.6. The lowest BCUT2D eigenvalue weighted by Gasteiger charge is -2.28. The molecule has 0 bridgehead atoms. The van der Waals surface area contributed by atoms with Gasteiger partial charge in [0.25, 0.3) is 21.9 Å². The average molecular weight is 414 g/mol. The van der Waals surface area contributed by atoms with Gasteiger partial charge >= 0.3 is 0 Å². The molecular formula is C19H14N2O5S2. The van der Waals surface area contributed by atoms with Gasteiger partial charge in [-0.2, -0.15) is 8.42 Å². The number of nitrogen functional groups attached to an aromatic ring is 1. The van der Waals surface area contributed by atoms with Gasteiger partial charge in [0.05, 0.1) is 22.7 Å². The van der Waals surface area contributed by atoms with E-state index >= 15 is 0 Å². The second kappa shape index (κ2) is 6.33. The third kappa shape index (κ3) is 2.84. The molecule has 1 aliphatic rings. The predicted molar refractivity (Wildman–Crippen MR) is 106 cm³/mol. The second-order valence-corrected chi connectivity index (χ2v) is 8.31. The van der Waals surface area contributed by atoms with Crippen molar-refractivity contribution in [3.63, 3.8) is 0 Å². The highest BCUT2D eigenvalue weighted by atomic mass is 32.2. The number of amides is 2. The molecule has 0 fully saturated rings. The first kappa shape index (κ1) is 18.5. The van der Waals surface area contributed by atoms with Crippen LogP contribution in [-0.2, 0) is 16.7 Å². The van der Waals surface area contributed by atoms with Crippen LogP contribution in [0.1, 0.15) is 26.3 Å². The second-order valence-electron chi connectivity index (χ2n) is 6.41. The summed E-state index contributed by atoms with van der Waals surface area (Å²) in [4.78, 5) is 26.9. The summed E-state index contributed by atoms with van der Waals surface area (Å²) in [7, 11) is -4.59. The van der Waals surface area contributed by atoms with Crippen LogP contribution in [-0.4, -0.2) is 29.7 Å².